The van der Waals surface area contributed by atoms with Gasteiger partial charge in [0.1, 0.15) is 6.61 Å². The van der Waals surface area contributed by atoms with Crippen LogP contribution >= 0.6 is 0 Å². The summed E-state index contributed by atoms with van der Waals surface area (Å²) in [4.78, 5) is 36.9. The van der Waals surface area contributed by atoms with E-state index in [1.54, 1.807) is 0 Å². The van der Waals surface area contributed by atoms with Crippen LogP contribution in [0.15, 0.2) is 48.5 Å². The third kappa shape index (κ3) is 5.17. The van der Waals surface area contributed by atoms with Crippen LogP contribution in [0, 0.1) is 11.8 Å². The fourth-order valence-corrected chi connectivity index (χ4v) is 5.19. The first-order valence-electron chi connectivity index (χ1n) is 12.1. The number of carboxylic acids is 1. The number of aliphatic carboxylic acids is 1. The highest BCUT2D eigenvalue weighted by molar-refractivity contribution is 5.88. The lowest BCUT2D eigenvalue weighted by Gasteiger charge is -2.33. The van der Waals surface area contributed by atoms with Crippen molar-refractivity contribution in [3.05, 3.63) is 59.7 Å². The molecule has 0 heterocycles. The zero-order valence-electron chi connectivity index (χ0n) is 19.8. The number of amides is 2. The molecular formula is C27H32N2O6. The van der Waals surface area contributed by atoms with E-state index in [1.165, 1.54) is 6.92 Å². The van der Waals surface area contributed by atoms with Crippen molar-refractivity contribution in [3.63, 3.8) is 0 Å². The Bertz CT molecular complexity index is 1060. The second kappa shape index (κ2) is 10.5. The smallest absolute Gasteiger partial charge is 0.407 e. The molecule has 0 spiro atoms. The molecule has 8 nitrogen and oxygen atoms in total. The van der Waals surface area contributed by atoms with Crippen LogP contribution < -0.4 is 10.6 Å². The minimum absolute atomic E-state index is 0.0338. The number of rotatable bonds is 8. The molecule has 3 atom stereocenters. The summed E-state index contributed by atoms with van der Waals surface area (Å²) in [5, 5.41) is 24.1. The van der Waals surface area contributed by atoms with Gasteiger partial charge in [0.2, 0.25) is 5.91 Å². The monoisotopic (exact) mass is 480 g/mol. The summed E-state index contributed by atoms with van der Waals surface area (Å²) in [7, 11) is 0. The van der Waals surface area contributed by atoms with Crippen molar-refractivity contribution in [3.8, 4) is 11.1 Å². The Morgan fingerprint density at radius 1 is 1.00 bits per heavy atom. The van der Waals surface area contributed by atoms with E-state index < -0.39 is 36.0 Å². The molecule has 8 heteroatoms. The Balaban J connectivity index is 1.34. The topological polar surface area (TPSA) is 125 Å². The fraction of sp³-hybridized carbons (Fsp3) is 0.444. The molecule has 0 radical (unpaired) electrons. The normalized spacial score (nSPS) is 20.7. The third-order valence-electron chi connectivity index (χ3n) is 7.29. The average molecular weight is 481 g/mol. The largest absolute Gasteiger partial charge is 0.479 e. The minimum atomic E-state index is -1.74. The second-order valence-electron chi connectivity index (χ2n) is 9.64. The SMILES string of the molecule is CC(CO)(NC(=O)[C@H]1CCCC[C@H]1CNC(=O)OCC1c2ccccc2-c2ccccc21)C(=O)O. The van der Waals surface area contributed by atoms with Crippen LogP contribution in [-0.4, -0.2) is 53.5 Å². The molecule has 2 aromatic carbocycles. The van der Waals surface area contributed by atoms with Gasteiger partial charge in [0, 0.05) is 18.4 Å². The fourth-order valence-electron chi connectivity index (χ4n) is 5.19. The lowest BCUT2D eigenvalue weighted by atomic mass is 9.78. The maximum Gasteiger partial charge on any atom is 0.407 e. The second-order valence-corrected chi connectivity index (χ2v) is 9.64. The molecule has 0 saturated heterocycles. The van der Waals surface area contributed by atoms with E-state index in [0.29, 0.717) is 6.42 Å². The maximum atomic E-state index is 12.8. The van der Waals surface area contributed by atoms with E-state index in [4.69, 9.17) is 4.74 Å². The van der Waals surface area contributed by atoms with Crippen molar-refractivity contribution >= 4 is 18.0 Å². The van der Waals surface area contributed by atoms with Gasteiger partial charge < -0.3 is 25.6 Å². The number of benzene rings is 2. The number of carbonyl (C=O) groups excluding carboxylic acids is 2. The summed E-state index contributed by atoms with van der Waals surface area (Å²) in [6.07, 6.45) is 2.58. The number of hydrogen-bond acceptors (Lipinski definition) is 5. The molecule has 2 aliphatic rings. The van der Waals surface area contributed by atoms with Crippen LogP contribution in [0.25, 0.3) is 11.1 Å². The van der Waals surface area contributed by atoms with Crippen LogP contribution in [0.4, 0.5) is 4.79 Å². The van der Waals surface area contributed by atoms with Crippen LogP contribution in [0.2, 0.25) is 0 Å². The lowest BCUT2D eigenvalue weighted by molar-refractivity contribution is -0.150. The van der Waals surface area contributed by atoms with E-state index in [0.717, 1.165) is 41.5 Å². The lowest BCUT2D eigenvalue weighted by Crippen LogP contribution is -2.57. The quantitative estimate of drug-likeness (QED) is 0.460. The highest BCUT2D eigenvalue weighted by atomic mass is 16.5. The average Bonchev–Trinajstić information content (AvgIpc) is 3.19. The maximum absolute atomic E-state index is 12.8. The van der Waals surface area contributed by atoms with Gasteiger partial charge in [0.15, 0.2) is 5.54 Å². The van der Waals surface area contributed by atoms with E-state index >= 15 is 0 Å². The molecule has 186 valence electrons. The molecule has 1 fully saturated rings. The van der Waals surface area contributed by atoms with Gasteiger partial charge in [-0.3, -0.25) is 4.79 Å². The summed E-state index contributed by atoms with van der Waals surface area (Å²) < 4.78 is 5.59. The molecule has 2 aliphatic carbocycles. The predicted molar refractivity (Wildman–Crippen MR) is 130 cm³/mol. The molecule has 0 bridgehead atoms. The molecule has 0 aromatic heterocycles. The standard InChI is InChI=1S/C27H32N2O6/c1-27(16-30,25(32)33)29-24(31)18-9-3-2-8-17(18)14-28-26(34)35-15-23-21-12-6-4-10-19(21)20-11-5-7-13-22(20)23/h4-7,10-13,17-18,23,30H,2-3,8-9,14-16H2,1H3,(H,28,34)(H,29,31)(H,32,33)/t17-,18-,27?/m0/s1. The number of carboxylic acid groups (broad SMARTS) is 1. The molecule has 2 amide bonds. The number of aliphatic hydroxyl groups excluding tert-OH is 1. The minimum Gasteiger partial charge on any atom is -0.479 e. The van der Waals surface area contributed by atoms with Gasteiger partial charge in [-0.05, 0) is 47.9 Å². The van der Waals surface area contributed by atoms with E-state index in [1.807, 2.05) is 24.3 Å². The summed E-state index contributed by atoms with van der Waals surface area (Å²) in [6.45, 7) is 1.04. The summed E-state index contributed by atoms with van der Waals surface area (Å²) in [6, 6.07) is 16.2. The molecule has 4 N–H and O–H groups in total. The highest BCUT2D eigenvalue weighted by Gasteiger charge is 2.39. The van der Waals surface area contributed by atoms with Gasteiger partial charge in [0.25, 0.3) is 0 Å². The summed E-state index contributed by atoms with van der Waals surface area (Å²) in [5.41, 5.74) is 2.85. The van der Waals surface area contributed by atoms with Crippen molar-refractivity contribution in [1.29, 1.82) is 0 Å². The van der Waals surface area contributed by atoms with Crippen molar-refractivity contribution in [1.82, 2.24) is 10.6 Å². The Hall–Kier alpha value is -3.39. The Labute approximate surface area is 204 Å². The van der Waals surface area contributed by atoms with Crippen molar-refractivity contribution in [2.75, 3.05) is 19.8 Å². The highest BCUT2D eigenvalue weighted by Crippen LogP contribution is 2.44. The predicted octanol–water partition coefficient (Wildman–Crippen LogP) is 3.28. The first-order valence-corrected chi connectivity index (χ1v) is 12.1. The van der Waals surface area contributed by atoms with Gasteiger partial charge in [-0.2, -0.15) is 0 Å². The molecule has 35 heavy (non-hydrogen) atoms. The number of alkyl carbamates (subject to hydrolysis) is 1. The van der Waals surface area contributed by atoms with Gasteiger partial charge in [-0.15, -0.1) is 0 Å². The Morgan fingerprint density at radius 2 is 1.60 bits per heavy atom. The summed E-state index contributed by atoms with van der Waals surface area (Å²) in [5.74, 6) is -2.32. The van der Waals surface area contributed by atoms with Crippen LogP contribution in [0.1, 0.15) is 49.7 Å². The number of fused-ring (bicyclic) bond motifs is 3. The zero-order chi connectivity index (χ0) is 25.0. The Kier molecular flexibility index (Phi) is 7.40. The zero-order valence-corrected chi connectivity index (χ0v) is 19.8. The number of nitrogens with one attached hydrogen (secondary N) is 2. The van der Waals surface area contributed by atoms with Gasteiger partial charge in [-0.25, -0.2) is 9.59 Å². The molecule has 0 aliphatic heterocycles. The van der Waals surface area contributed by atoms with Gasteiger partial charge >= 0.3 is 12.1 Å². The first-order chi connectivity index (χ1) is 16.8. The molecule has 1 saturated carbocycles. The van der Waals surface area contributed by atoms with Crippen LogP contribution in [0.5, 0.6) is 0 Å². The van der Waals surface area contributed by atoms with Crippen molar-refractivity contribution < 1.29 is 29.3 Å². The van der Waals surface area contributed by atoms with Crippen LogP contribution in [-0.2, 0) is 14.3 Å². The number of ether oxygens (including phenoxy) is 1. The number of carbonyl (C=O) groups is 3. The van der Waals surface area contributed by atoms with Crippen molar-refractivity contribution in [2.24, 2.45) is 11.8 Å². The summed E-state index contributed by atoms with van der Waals surface area (Å²) >= 11 is 0. The van der Waals surface area contributed by atoms with Crippen LogP contribution in [0.3, 0.4) is 0 Å². The van der Waals surface area contributed by atoms with Gasteiger partial charge in [-0.1, -0.05) is 61.4 Å². The van der Waals surface area contributed by atoms with Gasteiger partial charge in [0.05, 0.1) is 6.61 Å². The Morgan fingerprint density at radius 3 is 2.20 bits per heavy atom. The van der Waals surface area contributed by atoms with E-state index in [9.17, 15) is 24.6 Å². The number of hydrogen-bond donors (Lipinski definition) is 4. The molecule has 4 rings (SSSR count). The van der Waals surface area contributed by atoms with Crippen molar-refractivity contribution in [2.45, 2.75) is 44.1 Å². The van der Waals surface area contributed by atoms with E-state index in [-0.39, 0.29) is 25.0 Å². The molecular weight excluding hydrogens is 448 g/mol. The molecule has 2 aromatic rings. The first kappa shape index (κ1) is 24.7. The third-order valence-corrected chi connectivity index (χ3v) is 7.29. The van der Waals surface area contributed by atoms with E-state index in [2.05, 4.69) is 34.9 Å². The molecule has 1 unspecified atom stereocenters. The number of aliphatic hydroxyl groups is 1.